The number of amides is 1. The minimum Gasteiger partial charge on any atom is -0.366 e. The maximum atomic E-state index is 13.5. The number of nitrogens with zero attached hydrogens (tertiary/aromatic N) is 3. The topological polar surface area (TPSA) is 107 Å². The summed E-state index contributed by atoms with van der Waals surface area (Å²) < 4.78 is 1.62. The average Bonchev–Trinajstić information content (AvgIpc) is 3.31. The Morgan fingerprint density at radius 2 is 1.90 bits per heavy atom. The van der Waals surface area contributed by atoms with Gasteiger partial charge < -0.3 is 10.7 Å². The molecule has 1 aromatic carbocycles. The van der Waals surface area contributed by atoms with Crippen LogP contribution in [-0.2, 0) is 12.5 Å². The summed E-state index contributed by atoms with van der Waals surface area (Å²) in [7, 11) is 1.77. The number of H-pyrrole nitrogens is 1. The Labute approximate surface area is 173 Å². The molecule has 4 rings (SSSR count). The van der Waals surface area contributed by atoms with Crippen molar-refractivity contribution >= 4 is 22.7 Å². The van der Waals surface area contributed by atoms with Gasteiger partial charge in [-0.05, 0) is 35.4 Å². The Kier molecular flexibility index (Phi) is 4.53. The number of carbonyl (C=O) groups is 2. The summed E-state index contributed by atoms with van der Waals surface area (Å²) in [6.07, 6.45) is 3.34. The molecule has 30 heavy (non-hydrogen) atoms. The van der Waals surface area contributed by atoms with Crippen molar-refractivity contribution in [2.24, 2.45) is 12.8 Å². The molecule has 0 atom stereocenters. The van der Waals surface area contributed by atoms with Crippen molar-refractivity contribution in [3.05, 3.63) is 71.3 Å². The number of nitrogens with two attached hydrogens (primary N) is 1. The van der Waals surface area contributed by atoms with E-state index in [4.69, 9.17) is 5.73 Å². The molecule has 0 bridgehead atoms. The smallest absolute Gasteiger partial charge is 0.248 e. The zero-order valence-corrected chi connectivity index (χ0v) is 17.4. The normalized spacial score (nSPS) is 11.7. The molecular formula is C23H23N5O2. The highest BCUT2D eigenvalue weighted by Crippen LogP contribution is 2.32. The van der Waals surface area contributed by atoms with Crippen molar-refractivity contribution in [2.45, 2.75) is 26.2 Å². The first-order valence-electron chi connectivity index (χ1n) is 9.62. The molecule has 0 aliphatic carbocycles. The first kappa shape index (κ1) is 19.6. The largest absolute Gasteiger partial charge is 0.366 e. The molecule has 3 N–H and O–H groups in total. The van der Waals surface area contributed by atoms with E-state index < -0.39 is 5.91 Å². The number of aryl methyl sites for hydroxylation is 1. The number of pyridine rings is 1. The number of benzene rings is 1. The minimum absolute atomic E-state index is 0.146. The fraction of sp³-hybridized carbons (Fsp3) is 0.217. The lowest BCUT2D eigenvalue weighted by molar-refractivity contribution is 0.0998. The number of primary amides is 1. The Balaban J connectivity index is 1.88. The highest BCUT2D eigenvalue weighted by molar-refractivity contribution is 6.18. The van der Waals surface area contributed by atoms with Crippen molar-refractivity contribution in [3.63, 3.8) is 0 Å². The van der Waals surface area contributed by atoms with E-state index in [-0.39, 0.29) is 11.2 Å². The first-order valence-corrected chi connectivity index (χ1v) is 9.62. The van der Waals surface area contributed by atoms with Crippen LogP contribution in [0.25, 0.3) is 22.2 Å². The molecule has 7 nitrogen and oxygen atoms in total. The molecule has 7 heteroatoms. The first-order chi connectivity index (χ1) is 14.2. The second-order valence-electron chi connectivity index (χ2n) is 8.35. The zero-order chi connectivity index (χ0) is 21.6. The lowest BCUT2D eigenvalue weighted by Crippen LogP contribution is -2.12. The van der Waals surface area contributed by atoms with Gasteiger partial charge in [0, 0.05) is 35.8 Å². The number of nitrogens with one attached hydrogen (secondary N) is 1. The number of hydrogen-bond acceptors (Lipinski definition) is 4. The van der Waals surface area contributed by atoms with E-state index in [1.807, 2.05) is 18.2 Å². The molecule has 0 saturated carbocycles. The highest BCUT2D eigenvalue weighted by atomic mass is 16.1. The predicted octanol–water partition coefficient (Wildman–Crippen LogP) is 3.59. The van der Waals surface area contributed by atoms with E-state index in [1.165, 1.54) is 0 Å². The van der Waals surface area contributed by atoms with E-state index in [9.17, 15) is 9.59 Å². The molecule has 0 aliphatic rings. The molecule has 0 radical (unpaired) electrons. The van der Waals surface area contributed by atoms with Crippen LogP contribution in [0.3, 0.4) is 0 Å². The third-order valence-corrected chi connectivity index (χ3v) is 5.16. The van der Waals surface area contributed by atoms with Crippen LogP contribution in [0.5, 0.6) is 0 Å². The Hall–Kier alpha value is -3.74. The lowest BCUT2D eigenvalue weighted by atomic mass is 9.91. The summed E-state index contributed by atoms with van der Waals surface area (Å²) in [5.41, 5.74) is 9.71. The Morgan fingerprint density at radius 1 is 1.13 bits per heavy atom. The van der Waals surface area contributed by atoms with Gasteiger partial charge in [-0.3, -0.25) is 14.3 Å². The summed E-state index contributed by atoms with van der Waals surface area (Å²) in [5.74, 6) is -0.649. The van der Waals surface area contributed by atoms with Crippen molar-refractivity contribution in [1.82, 2.24) is 19.7 Å². The average molecular weight is 401 g/mol. The number of rotatable bonds is 4. The van der Waals surface area contributed by atoms with E-state index in [0.717, 1.165) is 16.8 Å². The van der Waals surface area contributed by atoms with Gasteiger partial charge in [0.15, 0.2) is 0 Å². The van der Waals surface area contributed by atoms with Gasteiger partial charge in [-0.15, -0.1) is 0 Å². The molecule has 1 amide bonds. The fourth-order valence-corrected chi connectivity index (χ4v) is 3.50. The van der Waals surface area contributed by atoms with Crippen LogP contribution in [-0.4, -0.2) is 31.4 Å². The quantitative estimate of drug-likeness (QED) is 0.510. The molecule has 0 unspecified atom stereocenters. The molecule has 0 spiro atoms. The molecule has 3 aromatic heterocycles. The number of aromatic amines is 1. The van der Waals surface area contributed by atoms with Gasteiger partial charge in [0.1, 0.15) is 11.3 Å². The highest BCUT2D eigenvalue weighted by Gasteiger charge is 2.25. The van der Waals surface area contributed by atoms with Gasteiger partial charge in [-0.1, -0.05) is 32.9 Å². The van der Waals surface area contributed by atoms with Crippen molar-refractivity contribution in [1.29, 1.82) is 0 Å². The predicted molar refractivity (Wildman–Crippen MR) is 115 cm³/mol. The van der Waals surface area contributed by atoms with Crippen LogP contribution in [0, 0.1) is 0 Å². The SMILES string of the molecule is Cn1nc(C(C)(C)C)cc1C(=O)c1c[nH]c2nccc(-c3cccc(C(N)=O)c3)c12. The van der Waals surface area contributed by atoms with Crippen LogP contribution < -0.4 is 5.73 Å². The number of fused-ring (bicyclic) bond motifs is 1. The van der Waals surface area contributed by atoms with Crippen LogP contribution in [0.4, 0.5) is 0 Å². The molecule has 3 heterocycles. The van der Waals surface area contributed by atoms with Crippen molar-refractivity contribution in [2.75, 3.05) is 0 Å². The summed E-state index contributed by atoms with van der Waals surface area (Å²) >= 11 is 0. The van der Waals surface area contributed by atoms with Crippen LogP contribution in [0.1, 0.15) is 52.9 Å². The van der Waals surface area contributed by atoms with Gasteiger partial charge in [0.2, 0.25) is 11.7 Å². The molecule has 4 aromatic rings. The van der Waals surface area contributed by atoms with E-state index >= 15 is 0 Å². The molecule has 0 aliphatic heterocycles. The third-order valence-electron chi connectivity index (χ3n) is 5.16. The number of carbonyl (C=O) groups excluding carboxylic acids is 2. The van der Waals surface area contributed by atoms with Crippen molar-refractivity contribution in [3.8, 4) is 11.1 Å². The maximum Gasteiger partial charge on any atom is 0.248 e. The van der Waals surface area contributed by atoms with Crippen LogP contribution in [0.2, 0.25) is 0 Å². The number of aromatic nitrogens is 4. The number of ketones is 1. The lowest BCUT2D eigenvalue weighted by Gasteiger charge is -2.13. The minimum atomic E-state index is -0.503. The monoisotopic (exact) mass is 401 g/mol. The summed E-state index contributed by atoms with van der Waals surface area (Å²) in [6, 6.07) is 10.7. The number of hydrogen-bond donors (Lipinski definition) is 2. The molecule has 0 fully saturated rings. The second kappa shape index (κ2) is 6.95. The maximum absolute atomic E-state index is 13.5. The van der Waals surface area contributed by atoms with Crippen molar-refractivity contribution < 1.29 is 9.59 Å². The zero-order valence-electron chi connectivity index (χ0n) is 17.4. The van der Waals surface area contributed by atoms with Gasteiger partial charge in [-0.25, -0.2) is 4.98 Å². The van der Waals surface area contributed by atoms with Crippen LogP contribution >= 0.6 is 0 Å². The van der Waals surface area contributed by atoms with Crippen LogP contribution in [0.15, 0.2) is 48.8 Å². The molecule has 0 saturated heterocycles. The van der Waals surface area contributed by atoms with E-state index in [0.29, 0.717) is 27.9 Å². The molecular weight excluding hydrogens is 378 g/mol. The Morgan fingerprint density at radius 3 is 2.57 bits per heavy atom. The second-order valence-corrected chi connectivity index (χ2v) is 8.35. The van der Waals surface area contributed by atoms with Gasteiger partial charge >= 0.3 is 0 Å². The van der Waals surface area contributed by atoms with E-state index in [1.54, 1.807) is 42.3 Å². The van der Waals surface area contributed by atoms with Gasteiger partial charge in [0.25, 0.3) is 0 Å². The van der Waals surface area contributed by atoms with Gasteiger partial charge in [-0.2, -0.15) is 5.10 Å². The summed E-state index contributed by atoms with van der Waals surface area (Å²) in [4.78, 5) is 32.5. The standard InChI is InChI=1S/C23H23N5O2/c1-23(2,3)18-11-17(28(4)27-18)20(29)16-12-26-22-19(16)15(8-9-25-22)13-6-5-7-14(10-13)21(24)30/h5-12H,1-4H3,(H2,24,30)(H,25,26). The Bertz CT molecular complexity index is 1290. The summed E-state index contributed by atoms with van der Waals surface area (Å²) in [5, 5.41) is 5.22. The van der Waals surface area contributed by atoms with Gasteiger partial charge in [0.05, 0.1) is 11.3 Å². The summed E-state index contributed by atoms with van der Waals surface area (Å²) in [6.45, 7) is 6.18. The fourth-order valence-electron chi connectivity index (χ4n) is 3.50. The van der Waals surface area contributed by atoms with E-state index in [2.05, 4.69) is 35.8 Å². The molecule has 152 valence electrons. The third kappa shape index (κ3) is 3.28.